The third-order valence-electron chi connectivity index (χ3n) is 4.64. The van der Waals surface area contributed by atoms with Crippen molar-refractivity contribution < 1.29 is 19.1 Å². The predicted molar refractivity (Wildman–Crippen MR) is 115 cm³/mol. The number of rotatable bonds is 8. The van der Waals surface area contributed by atoms with Gasteiger partial charge in [0, 0.05) is 19.2 Å². The van der Waals surface area contributed by atoms with Gasteiger partial charge in [-0.2, -0.15) is 0 Å². The van der Waals surface area contributed by atoms with Crippen LogP contribution in [0.1, 0.15) is 15.9 Å². The average Bonchev–Trinajstić information content (AvgIpc) is 2.78. The van der Waals surface area contributed by atoms with Gasteiger partial charge in [-0.3, -0.25) is 9.59 Å². The van der Waals surface area contributed by atoms with Gasteiger partial charge in [0.25, 0.3) is 11.8 Å². The molecular formula is C24H24N2O4. The predicted octanol–water partition coefficient (Wildman–Crippen LogP) is 3.50. The molecule has 3 aromatic rings. The number of hydrogen-bond donors (Lipinski definition) is 1. The van der Waals surface area contributed by atoms with Crippen LogP contribution in [-0.4, -0.2) is 37.5 Å². The van der Waals surface area contributed by atoms with E-state index in [9.17, 15) is 9.59 Å². The summed E-state index contributed by atoms with van der Waals surface area (Å²) in [5, 5.41) is 0. The summed E-state index contributed by atoms with van der Waals surface area (Å²) in [6.45, 7) is 0.186. The van der Waals surface area contributed by atoms with Crippen LogP contribution in [0.3, 0.4) is 0 Å². The van der Waals surface area contributed by atoms with Crippen LogP contribution >= 0.6 is 0 Å². The minimum Gasteiger partial charge on any atom is -0.493 e. The van der Waals surface area contributed by atoms with E-state index in [1.165, 1.54) is 7.11 Å². The van der Waals surface area contributed by atoms with Gasteiger partial charge in [0.1, 0.15) is 0 Å². The molecule has 6 heteroatoms. The van der Waals surface area contributed by atoms with Crippen LogP contribution < -0.4 is 15.2 Å². The fraction of sp³-hybridized carbons (Fsp3) is 0.167. The smallest absolute Gasteiger partial charge is 0.255 e. The van der Waals surface area contributed by atoms with Crippen molar-refractivity contribution in [1.82, 2.24) is 4.90 Å². The third-order valence-corrected chi connectivity index (χ3v) is 4.64. The molecule has 3 aromatic carbocycles. The summed E-state index contributed by atoms with van der Waals surface area (Å²) in [6, 6.07) is 22.9. The molecule has 0 aliphatic carbocycles. The number of hydrogen-bond acceptors (Lipinski definition) is 4. The molecule has 0 radical (unpaired) electrons. The van der Waals surface area contributed by atoms with Crippen molar-refractivity contribution in [2.24, 2.45) is 5.73 Å². The van der Waals surface area contributed by atoms with E-state index in [4.69, 9.17) is 15.2 Å². The molecule has 0 aliphatic heterocycles. The number of amides is 2. The molecular weight excluding hydrogens is 380 g/mol. The Morgan fingerprint density at radius 2 is 1.63 bits per heavy atom. The molecule has 0 aliphatic rings. The zero-order valence-electron chi connectivity index (χ0n) is 17.0. The van der Waals surface area contributed by atoms with Crippen molar-refractivity contribution in [1.29, 1.82) is 0 Å². The van der Waals surface area contributed by atoms with E-state index in [0.29, 0.717) is 23.6 Å². The lowest BCUT2D eigenvalue weighted by Gasteiger charge is -2.20. The van der Waals surface area contributed by atoms with Crippen molar-refractivity contribution in [3.63, 3.8) is 0 Å². The van der Waals surface area contributed by atoms with Gasteiger partial charge in [-0.05, 0) is 34.9 Å². The van der Waals surface area contributed by atoms with Crippen LogP contribution in [0.2, 0.25) is 0 Å². The highest BCUT2D eigenvalue weighted by Crippen LogP contribution is 2.29. The summed E-state index contributed by atoms with van der Waals surface area (Å²) in [5.41, 5.74) is 8.81. The van der Waals surface area contributed by atoms with Gasteiger partial charge in [0.2, 0.25) is 0 Å². The molecule has 30 heavy (non-hydrogen) atoms. The number of carbonyl (C=O) groups is 2. The van der Waals surface area contributed by atoms with Crippen molar-refractivity contribution in [3.8, 4) is 22.6 Å². The highest BCUT2D eigenvalue weighted by Gasteiger charge is 2.17. The largest absolute Gasteiger partial charge is 0.493 e. The number of ether oxygens (including phenoxy) is 2. The fourth-order valence-corrected chi connectivity index (χ4v) is 3.17. The lowest BCUT2D eigenvalue weighted by Crippen LogP contribution is -2.26. The summed E-state index contributed by atoms with van der Waals surface area (Å²) in [6.07, 6.45) is 0. The zero-order valence-corrected chi connectivity index (χ0v) is 17.0. The molecule has 0 saturated carbocycles. The maximum absolute atomic E-state index is 13.0. The molecule has 2 amide bonds. The second kappa shape index (κ2) is 9.60. The van der Waals surface area contributed by atoms with Gasteiger partial charge in [0.15, 0.2) is 18.1 Å². The minimum atomic E-state index is -0.589. The maximum Gasteiger partial charge on any atom is 0.255 e. The molecule has 154 valence electrons. The van der Waals surface area contributed by atoms with Crippen molar-refractivity contribution >= 4 is 11.8 Å². The monoisotopic (exact) mass is 404 g/mol. The summed E-state index contributed by atoms with van der Waals surface area (Å²) < 4.78 is 10.6. The molecule has 0 saturated heterocycles. The van der Waals surface area contributed by atoms with Crippen molar-refractivity contribution in [2.75, 3.05) is 20.8 Å². The van der Waals surface area contributed by atoms with Crippen LogP contribution in [0.15, 0.2) is 72.8 Å². The van der Waals surface area contributed by atoms with Crippen molar-refractivity contribution in [2.45, 2.75) is 6.54 Å². The van der Waals surface area contributed by atoms with Crippen LogP contribution in [0, 0.1) is 0 Å². The Morgan fingerprint density at radius 1 is 0.933 bits per heavy atom. The average molecular weight is 404 g/mol. The lowest BCUT2D eigenvalue weighted by atomic mass is 9.99. The second-order valence-electron chi connectivity index (χ2n) is 6.81. The molecule has 0 bridgehead atoms. The summed E-state index contributed by atoms with van der Waals surface area (Å²) in [5.74, 6) is -0.0308. The van der Waals surface area contributed by atoms with Crippen LogP contribution in [0.5, 0.6) is 11.5 Å². The Balaban J connectivity index is 1.79. The molecule has 0 heterocycles. The van der Waals surface area contributed by atoms with E-state index < -0.39 is 5.91 Å². The number of primary amides is 1. The maximum atomic E-state index is 13.0. The van der Waals surface area contributed by atoms with E-state index in [2.05, 4.69) is 18.2 Å². The fourth-order valence-electron chi connectivity index (χ4n) is 3.17. The minimum absolute atomic E-state index is 0.155. The number of benzene rings is 3. The topological polar surface area (TPSA) is 81.9 Å². The van der Waals surface area contributed by atoms with Crippen LogP contribution in [0.4, 0.5) is 0 Å². The van der Waals surface area contributed by atoms with Gasteiger partial charge in [0.05, 0.1) is 7.11 Å². The first-order valence-electron chi connectivity index (χ1n) is 9.47. The van der Waals surface area contributed by atoms with Crippen molar-refractivity contribution in [3.05, 3.63) is 83.9 Å². The van der Waals surface area contributed by atoms with Gasteiger partial charge in [-0.25, -0.2) is 0 Å². The van der Waals surface area contributed by atoms with Gasteiger partial charge < -0.3 is 20.1 Å². The standard InChI is InChI=1S/C24H24N2O4/c1-26(15-19-10-6-7-11-20(19)17-8-4-3-5-9-17)24(28)18-12-13-21(22(14-18)29-2)30-16-23(25)27/h3-14H,15-16H2,1-2H3,(H2,25,27). The Hall–Kier alpha value is -3.80. The number of nitrogens with zero attached hydrogens (tertiary/aromatic N) is 1. The number of carbonyl (C=O) groups excluding carboxylic acids is 2. The Kier molecular flexibility index (Phi) is 6.70. The van der Waals surface area contributed by atoms with Crippen LogP contribution in [0.25, 0.3) is 11.1 Å². The van der Waals surface area contributed by atoms with Gasteiger partial charge >= 0.3 is 0 Å². The molecule has 3 rings (SSSR count). The molecule has 0 aromatic heterocycles. The SMILES string of the molecule is COc1cc(C(=O)N(C)Cc2ccccc2-c2ccccc2)ccc1OCC(N)=O. The molecule has 0 spiro atoms. The highest BCUT2D eigenvalue weighted by atomic mass is 16.5. The highest BCUT2D eigenvalue weighted by molar-refractivity contribution is 5.95. The van der Waals surface area contributed by atoms with E-state index >= 15 is 0 Å². The summed E-state index contributed by atoms with van der Waals surface area (Å²) in [4.78, 5) is 25.6. The summed E-state index contributed by atoms with van der Waals surface area (Å²) in [7, 11) is 3.23. The van der Waals surface area contributed by atoms with E-state index in [0.717, 1.165) is 16.7 Å². The molecule has 0 atom stereocenters. The van der Waals surface area contributed by atoms with E-state index in [-0.39, 0.29) is 12.5 Å². The Morgan fingerprint density at radius 3 is 2.33 bits per heavy atom. The first-order valence-corrected chi connectivity index (χ1v) is 9.47. The van der Waals surface area contributed by atoms with Gasteiger partial charge in [-0.15, -0.1) is 0 Å². The van der Waals surface area contributed by atoms with Gasteiger partial charge in [-0.1, -0.05) is 54.6 Å². The normalized spacial score (nSPS) is 10.3. The van der Waals surface area contributed by atoms with E-state index in [1.807, 2.05) is 36.4 Å². The van der Waals surface area contributed by atoms with E-state index in [1.54, 1.807) is 30.1 Å². The zero-order chi connectivity index (χ0) is 21.5. The summed E-state index contributed by atoms with van der Waals surface area (Å²) >= 11 is 0. The Labute approximate surface area is 175 Å². The quantitative estimate of drug-likeness (QED) is 0.623. The molecule has 0 fully saturated rings. The van der Waals surface area contributed by atoms with Crippen LogP contribution in [-0.2, 0) is 11.3 Å². The molecule has 0 unspecified atom stereocenters. The number of nitrogens with two attached hydrogens (primary N) is 1. The first-order chi connectivity index (χ1) is 14.5. The molecule has 6 nitrogen and oxygen atoms in total. The lowest BCUT2D eigenvalue weighted by molar-refractivity contribution is -0.119. The Bertz CT molecular complexity index is 1030. The second-order valence-corrected chi connectivity index (χ2v) is 6.81. The molecule has 2 N–H and O–H groups in total. The number of methoxy groups -OCH3 is 1. The third kappa shape index (κ3) is 4.97. The first kappa shape index (κ1) is 20.9.